The Hall–Kier alpha value is -2.45. The molecular weight excluding hydrogens is 454 g/mol. The van der Waals surface area contributed by atoms with Gasteiger partial charge in [-0.05, 0) is 70.4 Å². The van der Waals surface area contributed by atoms with Crippen molar-refractivity contribution in [2.45, 2.75) is 79.9 Å². The van der Waals surface area contributed by atoms with Crippen LogP contribution in [0.1, 0.15) is 67.7 Å². The predicted octanol–water partition coefficient (Wildman–Crippen LogP) is 4.84. The smallest absolute Gasteiger partial charge is 0.330 e. The number of carbonyl (C=O) groups excluding carboxylic acids is 2. The first-order chi connectivity index (χ1) is 15.6. The first-order valence-electron chi connectivity index (χ1n) is 11.5. The molecule has 0 fully saturated rings. The summed E-state index contributed by atoms with van der Waals surface area (Å²) in [6.45, 7) is 13.6. The van der Waals surface area contributed by atoms with Crippen molar-refractivity contribution in [3.8, 4) is 0 Å². The van der Waals surface area contributed by atoms with Crippen molar-refractivity contribution in [1.82, 2.24) is 5.32 Å². The molecule has 2 N–H and O–H groups in total. The molecule has 8 heteroatoms. The third-order valence-corrected chi connectivity index (χ3v) is 6.22. The van der Waals surface area contributed by atoms with Gasteiger partial charge in [-0.3, -0.25) is 9.35 Å². The fourth-order valence-electron chi connectivity index (χ4n) is 3.79. The van der Waals surface area contributed by atoms with Crippen LogP contribution in [-0.4, -0.2) is 42.7 Å². The number of ether oxygens (including phenoxy) is 1. The summed E-state index contributed by atoms with van der Waals surface area (Å²) < 4.78 is 36.4. The number of amides is 1. The van der Waals surface area contributed by atoms with E-state index < -0.39 is 39.9 Å². The van der Waals surface area contributed by atoms with Gasteiger partial charge in [0.25, 0.3) is 10.1 Å². The van der Waals surface area contributed by atoms with Gasteiger partial charge in [0.2, 0.25) is 5.91 Å². The molecule has 1 amide bonds. The fraction of sp³-hybridized carbons (Fsp3) is 0.538. The van der Waals surface area contributed by atoms with Crippen molar-refractivity contribution in [3.05, 3.63) is 58.7 Å². The number of rotatable bonds is 10. The van der Waals surface area contributed by atoms with Gasteiger partial charge in [0.05, 0.1) is 6.10 Å². The van der Waals surface area contributed by atoms with Crippen LogP contribution in [0.3, 0.4) is 0 Å². The highest BCUT2D eigenvalue weighted by Gasteiger charge is 2.28. The van der Waals surface area contributed by atoms with Gasteiger partial charge in [-0.1, -0.05) is 55.4 Å². The molecule has 34 heavy (non-hydrogen) atoms. The van der Waals surface area contributed by atoms with E-state index in [2.05, 4.69) is 38.2 Å². The lowest BCUT2D eigenvalue weighted by Crippen LogP contribution is -2.46. The topological polar surface area (TPSA) is 110 Å². The standard InChI is InChI=1S/C26H39NO6S/c1-18(2)33-25(29)23(17-34(30,31)32)27-24(28)16-20(4)11-8-10-19(3)13-14-22-21(5)12-9-15-26(22,6)7/h8,10-11,13-14,16,18,23H,9,12,15,17H2,1-7H3,(H,27,28)(H,30,31,32)/b11-8+,14-13+,19-10+,20-16-/t23-/m0/s1. The molecule has 0 aromatic heterocycles. The molecule has 0 bridgehead atoms. The second-order valence-corrected chi connectivity index (χ2v) is 11.2. The molecule has 1 aliphatic carbocycles. The number of esters is 1. The Morgan fingerprint density at radius 2 is 1.82 bits per heavy atom. The fourth-order valence-corrected chi connectivity index (χ4v) is 4.43. The maximum atomic E-state index is 12.3. The third kappa shape index (κ3) is 11.1. The molecule has 7 nitrogen and oxygen atoms in total. The van der Waals surface area contributed by atoms with E-state index in [1.54, 1.807) is 26.8 Å². The van der Waals surface area contributed by atoms with Gasteiger partial charge in [0, 0.05) is 6.08 Å². The molecule has 0 saturated heterocycles. The van der Waals surface area contributed by atoms with Crippen molar-refractivity contribution in [2.24, 2.45) is 5.41 Å². The molecule has 1 rings (SSSR count). The van der Waals surface area contributed by atoms with E-state index in [1.165, 1.54) is 30.1 Å². The van der Waals surface area contributed by atoms with Crippen LogP contribution >= 0.6 is 0 Å². The summed E-state index contributed by atoms with van der Waals surface area (Å²) in [5.74, 6) is -2.56. The van der Waals surface area contributed by atoms with Crippen molar-refractivity contribution >= 4 is 22.0 Å². The van der Waals surface area contributed by atoms with Crippen LogP contribution in [0.5, 0.6) is 0 Å². The Morgan fingerprint density at radius 3 is 2.38 bits per heavy atom. The molecule has 0 spiro atoms. The summed E-state index contributed by atoms with van der Waals surface area (Å²) in [6, 6.07) is -1.51. The lowest BCUT2D eigenvalue weighted by atomic mass is 9.72. The number of nitrogens with one attached hydrogen (secondary N) is 1. The second kappa shape index (κ2) is 12.9. The minimum absolute atomic E-state index is 0.177. The highest BCUT2D eigenvalue weighted by atomic mass is 32.2. The quantitative estimate of drug-likeness (QED) is 0.195. The van der Waals surface area contributed by atoms with E-state index in [-0.39, 0.29) is 5.41 Å². The largest absolute Gasteiger partial charge is 0.461 e. The number of hydrogen-bond acceptors (Lipinski definition) is 5. The first kappa shape index (κ1) is 29.6. The summed E-state index contributed by atoms with van der Waals surface area (Å²) in [4.78, 5) is 24.3. The Morgan fingerprint density at radius 1 is 1.18 bits per heavy atom. The molecule has 0 saturated carbocycles. The number of hydrogen-bond donors (Lipinski definition) is 2. The molecule has 1 aliphatic rings. The van der Waals surface area contributed by atoms with Crippen molar-refractivity contribution in [3.63, 3.8) is 0 Å². The highest BCUT2D eigenvalue weighted by Crippen LogP contribution is 2.40. The zero-order valence-corrected chi connectivity index (χ0v) is 22.2. The van der Waals surface area contributed by atoms with Crippen molar-refractivity contribution in [2.75, 3.05) is 5.75 Å². The molecule has 0 heterocycles. The third-order valence-electron chi connectivity index (χ3n) is 5.46. The molecule has 190 valence electrons. The predicted molar refractivity (Wildman–Crippen MR) is 136 cm³/mol. The minimum Gasteiger partial charge on any atom is -0.461 e. The SMILES string of the molecule is CC1=C(/C=C/C(C)=C/C=C/C(C)=C\C(=O)N[C@@H](CS(=O)(=O)O)C(=O)OC(C)C)C(C)(C)CCC1. The Kier molecular flexibility index (Phi) is 11.2. The summed E-state index contributed by atoms with van der Waals surface area (Å²) in [5.41, 5.74) is 4.65. The Labute approximate surface area is 204 Å². The van der Waals surface area contributed by atoms with Crippen LogP contribution in [0, 0.1) is 5.41 Å². The van der Waals surface area contributed by atoms with Crippen LogP contribution < -0.4 is 5.32 Å². The van der Waals surface area contributed by atoms with Gasteiger partial charge in [-0.2, -0.15) is 8.42 Å². The molecule has 1 atom stereocenters. The normalized spacial score (nSPS) is 18.6. The van der Waals surface area contributed by atoms with Crippen LogP contribution in [0.15, 0.2) is 58.7 Å². The summed E-state index contributed by atoms with van der Waals surface area (Å²) in [7, 11) is -4.49. The molecular formula is C26H39NO6S. The minimum atomic E-state index is -4.49. The molecule has 0 aromatic rings. The van der Waals surface area contributed by atoms with Crippen LogP contribution in [0.2, 0.25) is 0 Å². The van der Waals surface area contributed by atoms with Gasteiger partial charge in [-0.25, -0.2) is 4.79 Å². The maximum Gasteiger partial charge on any atom is 0.330 e. The number of allylic oxidation sites excluding steroid dienone is 9. The average Bonchev–Trinajstić information content (AvgIpc) is 2.64. The van der Waals surface area contributed by atoms with Gasteiger partial charge >= 0.3 is 5.97 Å². The second-order valence-electron chi connectivity index (χ2n) is 9.72. The summed E-state index contributed by atoms with van der Waals surface area (Å²) >= 11 is 0. The van der Waals surface area contributed by atoms with Crippen LogP contribution in [-0.2, 0) is 24.4 Å². The first-order valence-corrected chi connectivity index (χ1v) is 13.1. The van der Waals surface area contributed by atoms with E-state index in [1.807, 2.05) is 19.1 Å². The average molecular weight is 494 g/mol. The lowest BCUT2D eigenvalue weighted by Gasteiger charge is -2.32. The van der Waals surface area contributed by atoms with E-state index in [0.29, 0.717) is 5.57 Å². The van der Waals surface area contributed by atoms with E-state index in [9.17, 15) is 18.0 Å². The monoisotopic (exact) mass is 493 g/mol. The maximum absolute atomic E-state index is 12.3. The molecule has 0 radical (unpaired) electrons. The van der Waals surface area contributed by atoms with Crippen LogP contribution in [0.25, 0.3) is 0 Å². The Balaban J connectivity index is 2.83. The summed E-state index contributed by atoms with van der Waals surface area (Å²) in [5, 5.41) is 2.28. The molecule has 0 aliphatic heterocycles. The van der Waals surface area contributed by atoms with E-state index >= 15 is 0 Å². The van der Waals surface area contributed by atoms with E-state index in [0.717, 1.165) is 12.0 Å². The zero-order chi connectivity index (χ0) is 26.1. The van der Waals surface area contributed by atoms with E-state index in [4.69, 9.17) is 9.29 Å². The molecule has 0 unspecified atom stereocenters. The lowest BCUT2D eigenvalue weighted by molar-refractivity contribution is -0.150. The van der Waals surface area contributed by atoms with Crippen LogP contribution in [0.4, 0.5) is 0 Å². The number of carbonyl (C=O) groups is 2. The van der Waals surface area contributed by atoms with Gasteiger partial charge < -0.3 is 10.1 Å². The zero-order valence-electron chi connectivity index (χ0n) is 21.3. The summed E-state index contributed by atoms with van der Waals surface area (Å²) in [6.07, 6.45) is 14.0. The van der Waals surface area contributed by atoms with Crippen molar-refractivity contribution in [1.29, 1.82) is 0 Å². The Bertz CT molecular complexity index is 1010. The van der Waals surface area contributed by atoms with Gasteiger partial charge in [0.15, 0.2) is 0 Å². The van der Waals surface area contributed by atoms with Crippen molar-refractivity contribution < 1.29 is 27.3 Å². The highest BCUT2D eigenvalue weighted by molar-refractivity contribution is 7.85. The van der Waals surface area contributed by atoms with Gasteiger partial charge in [-0.15, -0.1) is 0 Å². The molecule has 0 aromatic carbocycles. The van der Waals surface area contributed by atoms with Gasteiger partial charge in [0.1, 0.15) is 11.8 Å².